The van der Waals surface area contributed by atoms with Crippen LogP contribution in [0.2, 0.25) is 0 Å². The topological polar surface area (TPSA) is 38.5 Å². The number of hydrogen-bond donors (Lipinski definition) is 1. The third-order valence-corrected chi connectivity index (χ3v) is 3.38. The van der Waals surface area contributed by atoms with Gasteiger partial charge in [0.25, 0.3) is 0 Å². The lowest BCUT2D eigenvalue weighted by Crippen LogP contribution is -2.50. The van der Waals surface area contributed by atoms with E-state index in [0.29, 0.717) is 6.04 Å². The van der Waals surface area contributed by atoms with Crippen LogP contribution >= 0.6 is 0 Å². The molecule has 2 heterocycles. The Morgan fingerprint density at radius 1 is 1.33 bits per heavy atom. The van der Waals surface area contributed by atoms with Crippen molar-refractivity contribution >= 4 is 5.69 Å². The van der Waals surface area contributed by atoms with Crippen LogP contribution in [-0.4, -0.2) is 30.6 Å². The summed E-state index contributed by atoms with van der Waals surface area (Å²) in [5.41, 5.74) is 7.88. The third-order valence-electron chi connectivity index (χ3n) is 3.38. The summed E-state index contributed by atoms with van der Waals surface area (Å²) >= 11 is 0. The third kappa shape index (κ3) is 1.57. The zero-order valence-corrected chi connectivity index (χ0v) is 8.78. The highest BCUT2D eigenvalue weighted by Gasteiger charge is 2.28. The first kappa shape index (κ1) is 9.04. The van der Waals surface area contributed by atoms with Gasteiger partial charge in [0.15, 0.2) is 0 Å². The first-order chi connectivity index (χ1) is 7.33. The van der Waals surface area contributed by atoms with Crippen molar-refractivity contribution in [3.63, 3.8) is 0 Å². The van der Waals surface area contributed by atoms with Crippen molar-refractivity contribution in [2.24, 2.45) is 0 Å². The van der Waals surface area contributed by atoms with Crippen molar-refractivity contribution in [1.29, 1.82) is 0 Å². The van der Waals surface area contributed by atoms with Crippen LogP contribution in [-0.2, 0) is 6.42 Å². The van der Waals surface area contributed by atoms with Gasteiger partial charge in [-0.2, -0.15) is 0 Å². The number of benzene rings is 1. The zero-order chi connectivity index (χ0) is 10.3. The second kappa shape index (κ2) is 3.42. The number of anilines is 1. The quantitative estimate of drug-likeness (QED) is 0.700. The number of rotatable bonds is 1. The lowest BCUT2D eigenvalue weighted by atomic mass is 9.98. The monoisotopic (exact) mass is 204 g/mol. The lowest BCUT2D eigenvalue weighted by Gasteiger charge is -2.40. The van der Waals surface area contributed by atoms with Gasteiger partial charge in [-0.15, -0.1) is 0 Å². The second-order valence-corrected chi connectivity index (χ2v) is 4.43. The smallest absolute Gasteiger partial charge is 0.122 e. The Morgan fingerprint density at radius 2 is 2.20 bits per heavy atom. The number of fused-ring (bicyclic) bond motifs is 1. The molecule has 0 saturated carbocycles. The molecular weight excluding hydrogens is 188 g/mol. The van der Waals surface area contributed by atoms with Gasteiger partial charge in [-0.3, -0.25) is 4.90 Å². The second-order valence-electron chi connectivity index (χ2n) is 4.43. The Morgan fingerprint density at radius 3 is 2.93 bits per heavy atom. The molecule has 0 aliphatic carbocycles. The minimum absolute atomic E-state index is 0.563. The first-order valence-electron chi connectivity index (χ1n) is 5.58. The summed E-state index contributed by atoms with van der Waals surface area (Å²) in [6.45, 7) is 3.29. The van der Waals surface area contributed by atoms with Crippen molar-refractivity contribution in [2.45, 2.75) is 18.9 Å². The molecule has 80 valence electrons. The van der Waals surface area contributed by atoms with Gasteiger partial charge >= 0.3 is 0 Å². The predicted molar refractivity (Wildman–Crippen MR) is 60.0 cm³/mol. The van der Waals surface area contributed by atoms with E-state index in [-0.39, 0.29) is 0 Å². The highest BCUT2D eigenvalue weighted by Crippen LogP contribution is 2.29. The van der Waals surface area contributed by atoms with Crippen molar-refractivity contribution in [3.05, 3.63) is 23.8 Å². The van der Waals surface area contributed by atoms with E-state index in [4.69, 9.17) is 10.5 Å². The number of nitrogens with two attached hydrogens (primary N) is 1. The van der Waals surface area contributed by atoms with Crippen LogP contribution in [0.15, 0.2) is 18.2 Å². The van der Waals surface area contributed by atoms with Crippen LogP contribution in [0.4, 0.5) is 5.69 Å². The molecule has 3 nitrogen and oxygen atoms in total. The van der Waals surface area contributed by atoms with E-state index in [1.165, 1.54) is 25.1 Å². The van der Waals surface area contributed by atoms with E-state index in [1.54, 1.807) is 0 Å². The van der Waals surface area contributed by atoms with Crippen LogP contribution in [0.5, 0.6) is 5.75 Å². The highest BCUT2D eigenvalue weighted by molar-refractivity contribution is 5.48. The molecule has 1 aromatic carbocycles. The Labute approximate surface area is 89.8 Å². The summed E-state index contributed by atoms with van der Waals surface area (Å²) in [6, 6.07) is 6.49. The molecule has 0 radical (unpaired) electrons. The Bertz CT molecular complexity index is 374. The van der Waals surface area contributed by atoms with Gasteiger partial charge in [0.05, 0.1) is 0 Å². The van der Waals surface area contributed by atoms with Crippen LogP contribution < -0.4 is 10.5 Å². The van der Waals surface area contributed by atoms with E-state index in [9.17, 15) is 0 Å². The van der Waals surface area contributed by atoms with Gasteiger partial charge in [0.2, 0.25) is 0 Å². The molecule has 2 aliphatic rings. The fourth-order valence-electron chi connectivity index (χ4n) is 2.34. The van der Waals surface area contributed by atoms with Crippen LogP contribution in [0.25, 0.3) is 0 Å². The number of nitrogen functional groups attached to an aromatic ring is 1. The summed E-state index contributed by atoms with van der Waals surface area (Å²) in [4.78, 5) is 2.49. The molecular formula is C12H16N2O. The molecule has 15 heavy (non-hydrogen) atoms. The largest absolute Gasteiger partial charge is 0.492 e. The molecule has 0 amide bonds. The Kier molecular flexibility index (Phi) is 2.06. The summed E-state index contributed by atoms with van der Waals surface area (Å²) in [6.07, 6.45) is 2.42. The van der Waals surface area contributed by atoms with Crippen LogP contribution in [0.3, 0.4) is 0 Å². The predicted octanol–water partition coefficient (Wildman–Crippen LogP) is 1.28. The van der Waals surface area contributed by atoms with E-state index in [2.05, 4.69) is 4.90 Å². The molecule has 1 aromatic rings. The zero-order valence-electron chi connectivity index (χ0n) is 8.78. The van der Waals surface area contributed by atoms with Crippen molar-refractivity contribution in [3.8, 4) is 5.75 Å². The summed E-state index contributed by atoms with van der Waals surface area (Å²) in [5.74, 6) is 1.01. The van der Waals surface area contributed by atoms with Crippen molar-refractivity contribution in [2.75, 3.05) is 25.4 Å². The summed E-state index contributed by atoms with van der Waals surface area (Å²) < 4.78 is 5.75. The van der Waals surface area contributed by atoms with Gasteiger partial charge in [-0.1, -0.05) is 0 Å². The number of hydrogen-bond acceptors (Lipinski definition) is 3. The van der Waals surface area contributed by atoms with Crippen LogP contribution in [0.1, 0.15) is 12.0 Å². The van der Waals surface area contributed by atoms with Crippen molar-refractivity contribution in [1.82, 2.24) is 4.90 Å². The molecule has 0 aromatic heterocycles. The average molecular weight is 204 g/mol. The SMILES string of the molecule is Nc1ccc2c(c1)CC(N1CCC1)CO2. The lowest BCUT2D eigenvalue weighted by molar-refractivity contribution is 0.0693. The van der Waals surface area contributed by atoms with E-state index < -0.39 is 0 Å². The molecule has 1 saturated heterocycles. The number of nitrogens with zero attached hydrogens (tertiary/aromatic N) is 1. The van der Waals surface area contributed by atoms with Gasteiger partial charge in [0, 0.05) is 11.7 Å². The minimum atomic E-state index is 0.563. The molecule has 1 fully saturated rings. The molecule has 1 unspecified atom stereocenters. The molecule has 3 rings (SSSR count). The van der Waals surface area contributed by atoms with Gasteiger partial charge < -0.3 is 10.5 Å². The van der Waals surface area contributed by atoms with E-state index in [1.807, 2.05) is 18.2 Å². The maximum absolute atomic E-state index is 5.78. The maximum atomic E-state index is 5.78. The molecule has 2 aliphatic heterocycles. The normalized spacial score (nSPS) is 25.2. The minimum Gasteiger partial charge on any atom is -0.492 e. The standard InChI is InChI=1S/C12H16N2O/c13-10-2-3-12-9(6-10)7-11(8-15-12)14-4-1-5-14/h2-3,6,11H,1,4-5,7-8,13H2. The van der Waals surface area contributed by atoms with E-state index >= 15 is 0 Å². The molecule has 2 N–H and O–H groups in total. The Hall–Kier alpha value is -1.22. The van der Waals surface area contributed by atoms with E-state index in [0.717, 1.165) is 24.5 Å². The first-order valence-corrected chi connectivity index (χ1v) is 5.58. The highest BCUT2D eigenvalue weighted by atomic mass is 16.5. The summed E-state index contributed by atoms with van der Waals surface area (Å²) in [5, 5.41) is 0. The van der Waals surface area contributed by atoms with Crippen LogP contribution in [0, 0.1) is 0 Å². The maximum Gasteiger partial charge on any atom is 0.122 e. The fourth-order valence-corrected chi connectivity index (χ4v) is 2.34. The molecule has 0 spiro atoms. The number of likely N-dealkylation sites (tertiary alicyclic amines) is 1. The molecule has 1 atom stereocenters. The van der Waals surface area contributed by atoms with Gasteiger partial charge in [-0.05, 0) is 49.7 Å². The number of ether oxygens (including phenoxy) is 1. The molecule has 0 bridgehead atoms. The average Bonchev–Trinajstić information content (AvgIpc) is 2.14. The van der Waals surface area contributed by atoms with Gasteiger partial charge in [-0.25, -0.2) is 0 Å². The summed E-state index contributed by atoms with van der Waals surface area (Å²) in [7, 11) is 0. The fraction of sp³-hybridized carbons (Fsp3) is 0.500. The molecule has 3 heteroatoms. The Balaban J connectivity index is 1.81. The van der Waals surface area contributed by atoms with Gasteiger partial charge in [0.1, 0.15) is 12.4 Å². The van der Waals surface area contributed by atoms with Crippen molar-refractivity contribution < 1.29 is 4.74 Å².